The Morgan fingerprint density at radius 1 is 1.60 bits per heavy atom. The highest BCUT2D eigenvalue weighted by Gasteiger charge is 2.36. The van der Waals surface area contributed by atoms with Crippen LogP contribution in [0.15, 0.2) is 32.7 Å². The lowest BCUT2D eigenvalue weighted by Crippen LogP contribution is -2.38. The number of carboxylic acids is 1. The molecule has 1 N–H and O–H groups in total. The van der Waals surface area contributed by atoms with Gasteiger partial charge in [0.15, 0.2) is 5.17 Å². The SMILES string of the molecule is O=C1N=C(N2CCC[C@H]2C(=O)O)S/C1=C/c1ccco1. The lowest BCUT2D eigenvalue weighted by Gasteiger charge is -2.21. The number of rotatable bonds is 2. The second-order valence-corrected chi connectivity index (χ2v) is 5.52. The predicted molar refractivity (Wildman–Crippen MR) is 74.1 cm³/mol. The minimum atomic E-state index is -0.873. The number of amidine groups is 1. The van der Waals surface area contributed by atoms with Gasteiger partial charge in [0.2, 0.25) is 0 Å². The van der Waals surface area contributed by atoms with Crippen LogP contribution >= 0.6 is 11.8 Å². The number of carboxylic acid groups (broad SMARTS) is 1. The number of nitrogens with zero attached hydrogens (tertiary/aromatic N) is 2. The summed E-state index contributed by atoms with van der Waals surface area (Å²) in [7, 11) is 0. The molecule has 2 aliphatic heterocycles. The van der Waals surface area contributed by atoms with E-state index in [0.29, 0.717) is 28.8 Å². The van der Waals surface area contributed by atoms with Gasteiger partial charge >= 0.3 is 5.97 Å². The fraction of sp³-hybridized carbons (Fsp3) is 0.308. The van der Waals surface area contributed by atoms with E-state index < -0.39 is 12.0 Å². The van der Waals surface area contributed by atoms with Crippen LogP contribution in [0.2, 0.25) is 0 Å². The molecule has 1 amide bonds. The normalized spacial score (nSPS) is 24.5. The van der Waals surface area contributed by atoms with Crippen molar-refractivity contribution in [2.24, 2.45) is 4.99 Å². The van der Waals surface area contributed by atoms with Gasteiger partial charge in [-0.3, -0.25) is 4.79 Å². The first-order valence-corrected chi connectivity index (χ1v) is 7.02. The van der Waals surface area contributed by atoms with Gasteiger partial charge in [-0.05, 0) is 36.7 Å². The number of carbonyl (C=O) groups excluding carboxylic acids is 1. The molecule has 0 radical (unpaired) electrons. The molecule has 6 nitrogen and oxygen atoms in total. The quantitative estimate of drug-likeness (QED) is 0.837. The van der Waals surface area contributed by atoms with E-state index in [4.69, 9.17) is 9.52 Å². The Morgan fingerprint density at radius 3 is 3.15 bits per heavy atom. The second-order valence-electron chi connectivity index (χ2n) is 4.52. The highest BCUT2D eigenvalue weighted by molar-refractivity contribution is 8.18. The van der Waals surface area contributed by atoms with Crippen LogP contribution in [0.5, 0.6) is 0 Å². The van der Waals surface area contributed by atoms with Crippen LogP contribution in [0.25, 0.3) is 6.08 Å². The van der Waals surface area contributed by atoms with Gasteiger partial charge in [-0.2, -0.15) is 4.99 Å². The van der Waals surface area contributed by atoms with Gasteiger partial charge in [0.1, 0.15) is 11.8 Å². The number of furan rings is 1. The van der Waals surface area contributed by atoms with Crippen molar-refractivity contribution in [1.82, 2.24) is 4.90 Å². The van der Waals surface area contributed by atoms with Crippen LogP contribution < -0.4 is 0 Å². The Bertz CT molecular complexity index is 606. The number of aliphatic carboxylic acids is 1. The lowest BCUT2D eigenvalue weighted by atomic mass is 10.2. The van der Waals surface area contributed by atoms with Crippen LogP contribution in [0.3, 0.4) is 0 Å². The van der Waals surface area contributed by atoms with E-state index in [1.807, 2.05) is 0 Å². The van der Waals surface area contributed by atoms with Crippen LogP contribution in [0, 0.1) is 0 Å². The highest BCUT2D eigenvalue weighted by Crippen LogP contribution is 2.33. The van der Waals surface area contributed by atoms with E-state index in [1.165, 1.54) is 18.0 Å². The number of aliphatic imine (C=N–C) groups is 1. The molecule has 1 aromatic rings. The topological polar surface area (TPSA) is 83.1 Å². The molecule has 0 aromatic carbocycles. The predicted octanol–water partition coefficient (Wildman–Crippen LogP) is 1.80. The van der Waals surface area contributed by atoms with Gasteiger partial charge in [-0.15, -0.1) is 0 Å². The van der Waals surface area contributed by atoms with E-state index in [2.05, 4.69) is 4.99 Å². The van der Waals surface area contributed by atoms with Crippen LogP contribution in [-0.2, 0) is 9.59 Å². The molecule has 0 bridgehead atoms. The second kappa shape index (κ2) is 5.16. The zero-order valence-electron chi connectivity index (χ0n) is 10.5. The summed E-state index contributed by atoms with van der Waals surface area (Å²) < 4.78 is 5.16. The molecule has 0 saturated carbocycles. The third-order valence-electron chi connectivity index (χ3n) is 3.21. The minimum Gasteiger partial charge on any atom is -0.480 e. The summed E-state index contributed by atoms with van der Waals surface area (Å²) in [4.78, 5) is 29.1. The Balaban J connectivity index is 1.79. The molecule has 7 heteroatoms. The van der Waals surface area contributed by atoms with Crippen LogP contribution in [0.1, 0.15) is 18.6 Å². The summed E-state index contributed by atoms with van der Waals surface area (Å²) in [6.07, 6.45) is 4.52. The van der Waals surface area contributed by atoms with Crippen LogP contribution in [-0.4, -0.2) is 39.6 Å². The number of amides is 1. The maximum atomic E-state index is 11.9. The van der Waals surface area contributed by atoms with Gasteiger partial charge in [0, 0.05) is 12.6 Å². The van der Waals surface area contributed by atoms with E-state index in [9.17, 15) is 9.59 Å². The molecule has 0 unspecified atom stereocenters. The standard InChI is InChI=1S/C13H12N2O4S/c16-11-10(7-8-3-2-6-19-8)20-13(14-11)15-5-1-4-9(15)12(17)18/h2-3,6-7,9H,1,4-5H2,(H,17,18)/b10-7+/t9-/m0/s1. The Morgan fingerprint density at radius 2 is 2.45 bits per heavy atom. The van der Waals surface area contributed by atoms with Crippen LogP contribution in [0.4, 0.5) is 0 Å². The summed E-state index contributed by atoms with van der Waals surface area (Å²) in [5.41, 5.74) is 0. The highest BCUT2D eigenvalue weighted by atomic mass is 32.2. The maximum Gasteiger partial charge on any atom is 0.326 e. The monoisotopic (exact) mass is 292 g/mol. The number of thioether (sulfide) groups is 1. The zero-order valence-corrected chi connectivity index (χ0v) is 11.3. The lowest BCUT2D eigenvalue weighted by molar-refractivity contribution is -0.140. The van der Waals surface area contributed by atoms with E-state index in [0.717, 1.165) is 6.42 Å². The van der Waals surface area contributed by atoms with Crippen molar-refractivity contribution in [3.8, 4) is 0 Å². The number of hydrogen-bond acceptors (Lipinski definition) is 5. The zero-order chi connectivity index (χ0) is 14.1. The van der Waals surface area contributed by atoms with Gasteiger partial charge in [-0.1, -0.05) is 0 Å². The van der Waals surface area contributed by atoms with Gasteiger partial charge in [-0.25, -0.2) is 4.79 Å². The summed E-state index contributed by atoms with van der Waals surface area (Å²) >= 11 is 1.20. The van der Waals surface area contributed by atoms with E-state index in [-0.39, 0.29) is 5.91 Å². The molecule has 0 spiro atoms. The first kappa shape index (κ1) is 13.0. The summed E-state index contributed by atoms with van der Waals surface area (Å²) in [5.74, 6) is -0.646. The summed E-state index contributed by atoms with van der Waals surface area (Å²) in [6, 6.07) is 2.89. The first-order chi connectivity index (χ1) is 9.65. The molecule has 1 saturated heterocycles. The number of hydrogen-bond donors (Lipinski definition) is 1. The summed E-state index contributed by atoms with van der Waals surface area (Å²) in [6.45, 7) is 0.615. The third-order valence-corrected chi connectivity index (χ3v) is 4.23. The molecule has 104 valence electrons. The fourth-order valence-corrected chi connectivity index (χ4v) is 3.24. The van der Waals surface area contributed by atoms with Crippen molar-refractivity contribution in [2.45, 2.75) is 18.9 Å². The van der Waals surface area contributed by atoms with E-state index >= 15 is 0 Å². The van der Waals surface area contributed by atoms with Crippen molar-refractivity contribution in [1.29, 1.82) is 0 Å². The molecule has 3 heterocycles. The first-order valence-electron chi connectivity index (χ1n) is 6.20. The average Bonchev–Trinajstić information content (AvgIpc) is 3.11. The Labute approximate surface area is 119 Å². The molecule has 2 aliphatic rings. The molecule has 3 rings (SSSR count). The van der Waals surface area contributed by atoms with Crippen molar-refractivity contribution in [3.63, 3.8) is 0 Å². The number of likely N-dealkylation sites (tertiary alicyclic amines) is 1. The third kappa shape index (κ3) is 2.36. The molecule has 1 aromatic heterocycles. The van der Waals surface area contributed by atoms with Crippen molar-refractivity contribution in [2.75, 3.05) is 6.54 Å². The van der Waals surface area contributed by atoms with Crippen molar-refractivity contribution >= 4 is 34.9 Å². The fourth-order valence-electron chi connectivity index (χ4n) is 2.28. The molecular weight excluding hydrogens is 280 g/mol. The van der Waals surface area contributed by atoms with Crippen molar-refractivity contribution in [3.05, 3.63) is 29.1 Å². The minimum absolute atomic E-state index is 0.350. The summed E-state index contributed by atoms with van der Waals surface area (Å²) in [5, 5.41) is 9.63. The molecule has 1 fully saturated rings. The Kier molecular flexibility index (Phi) is 3.35. The van der Waals surface area contributed by atoms with Gasteiger partial charge in [0.05, 0.1) is 11.2 Å². The molecule has 1 atom stereocenters. The maximum absolute atomic E-state index is 11.9. The largest absolute Gasteiger partial charge is 0.480 e. The Hall–Kier alpha value is -2.02. The number of carbonyl (C=O) groups is 2. The molecular formula is C13H12N2O4S. The molecule has 20 heavy (non-hydrogen) atoms. The van der Waals surface area contributed by atoms with E-state index in [1.54, 1.807) is 23.1 Å². The average molecular weight is 292 g/mol. The molecule has 0 aliphatic carbocycles. The van der Waals surface area contributed by atoms with Crippen molar-refractivity contribution < 1.29 is 19.1 Å². The van der Waals surface area contributed by atoms with Gasteiger partial charge < -0.3 is 14.4 Å². The van der Waals surface area contributed by atoms with Gasteiger partial charge in [0.25, 0.3) is 5.91 Å². The smallest absolute Gasteiger partial charge is 0.326 e.